The minimum Gasteiger partial charge on any atom is -0.472 e. The van der Waals surface area contributed by atoms with Gasteiger partial charge in [-0.1, -0.05) is 20.3 Å². The van der Waals surface area contributed by atoms with Crippen LogP contribution in [0.25, 0.3) is 0 Å². The van der Waals surface area contributed by atoms with Crippen LogP contribution in [0.4, 0.5) is 0 Å². The Balaban J connectivity index is 0.00000121. The van der Waals surface area contributed by atoms with Crippen molar-refractivity contribution in [3.05, 3.63) is 24.2 Å². The molecule has 1 unspecified atom stereocenters. The van der Waals surface area contributed by atoms with Gasteiger partial charge in [-0.25, -0.2) is 0 Å². The van der Waals surface area contributed by atoms with E-state index < -0.39 is 0 Å². The van der Waals surface area contributed by atoms with Gasteiger partial charge in [0.05, 0.1) is 12.5 Å². The molecule has 12 heavy (non-hydrogen) atoms. The SMILES string of the molecule is CCC(C)[C@@H](N)c1ccoc1.Cl. The van der Waals surface area contributed by atoms with Gasteiger partial charge in [0.1, 0.15) is 0 Å². The Hall–Kier alpha value is -0.470. The highest BCUT2D eigenvalue weighted by Gasteiger charge is 2.13. The lowest BCUT2D eigenvalue weighted by atomic mass is 9.95. The van der Waals surface area contributed by atoms with Gasteiger partial charge in [-0.15, -0.1) is 12.4 Å². The van der Waals surface area contributed by atoms with Gasteiger partial charge >= 0.3 is 0 Å². The Bertz CT molecular complexity index is 198. The van der Waals surface area contributed by atoms with E-state index in [0.29, 0.717) is 5.92 Å². The number of nitrogens with two attached hydrogens (primary N) is 1. The lowest BCUT2D eigenvalue weighted by Crippen LogP contribution is -2.17. The van der Waals surface area contributed by atoms with E-state index >= 15 is 0 Å². The first kappa shape index (κ1) is 11.5. The van der Waals surface area contributed by atoms with E-state index in [1.54, 1.807) is 12.5 Å². The summed E-state index contributed by atoms with van der Waals surface area (Å²) < 4.78 is 4.95. The summed E-state index contributed by atoms with van der Waals surface area (Å²) in [5.41, 5.74) is 7.03. The number of furan rings is 1. The first-order valence-electron chi connectivity index (χ1n) is 4.03. The lowest BCUT2D eigenvalue weighted by molar-refractivity contribution is 0.451. The third kappa shape index (κ3) is 2.54. The lowest BCUT2D eigenvalue weighted by Gasteiger charge is -2.15. The maximum Gasteiger partial charge on any atom is 0.0950 e. The van der Waals surface area contributed by atoms with Crippen LogP contribution in [0, 0.1) is 5.92 Å². The molecule has 1 heterocycles. The molecule has 0 spiro atoms. The average molecular weight is 190 g/mol. The van der Waals surface area contributed by atoms with Gasteiger partial charge in [-0.05, 0) is 12.0 Å². The molecule has 0 aliphatic carbocycles. The monoisotopic (exact) mass is 189 g/mol. The van der Waals surface area contributed by atoms with Crippen LogP contribution in [0.5, 0.6) is 0 Å². The molecule has 2 atom stereocenters. The van der Waals surface area contributed by atoms with Crippen molar-refractivity contribution in [1.82, 2.24) is 0 Å². The quantitative estimate of drug-likeness (QED) is 0.794. The Morgan fingerprint density at radius 1 is 1.58 bits per heavy atom. The predicted molar refractivity (Wildman–Crippen MR) is 52.3 cm³/mol. The van der Waals surface area contributed by atoms with Crippen LogP contribution >= 0.6 is 12.4 Å². The van der Waals surface area contributed by atoms with E-state index in [1.165, 1.54) is 0 Å². The van der Waals surface area contributed by atoms with Crippen LogP contribution in [0.2, 0.25) is 0 Å². The molecule has 0 radical (unpaired) electrons. The molecule has 0 saturated carbocycles. The molecule has 0 aromatic carbocycles. The standard InChI is InChI=1S/C9H15NO.ClH/c1-3-7(2)9(10)8-4-5-11-6-8;/h4-7,9H,3,10H2,1-2H3;1H/t7?,9-;/m1./s1. The molecule has 0 saturated heterocycles. The molecule has 3 heteroatoms. The zero-order valence-electron chi connectivity index (χ0n) is 7.49. The van der Waals surface area contributed by atoms with Crippen LogP contribution in [0.15, 0.2) is 23.0 Å². The average Bonchev–Trinajstić information content (AvgIpc) is 2.53. The van der Waals surface area contributed by atoms with Crippen molar-refractivity contribution in [3.63, 3.8) is 0 Å². The summed E-state index contributed by atoms with van der Waals surface area (Å²) in [7, 11) is 0. The zero-order valence-corrected chi connectivity index (χ0v) is 8.30. The third-order valence-corrected chi connectivity index (χ3v) is 2.19. The summed E-state index contributed by atoms with van der Waals surface area (Å²) in [6.07, 6.45) is 4.49. The first-order valence-corrected chi connectivity index (χ1v) is 4.03. The van der Waals surface area contributed by atoms with Crippen LogP contribution < -0.4 is 5.73 Å². The Kier molecular flexibility index (Phi) is 5.02. The molecular formula is C9H16ClNO. The highest BCUT2D eigenvalue weighted by molar-refractivity contribution is 5.85. The van der Waals surface area contributed by atoms with Crippen molar-refractivity contribution in [1.29, 1.82) is 0 Å². The summed E-state index contributed by atoms with van der Waals surface area (Å²) >= 11 is 0. The molecule has 1 rings (SSSR count). The van der Waals surface area contributed by atoms with Gasteiger partial charge in [0, 0.05) is 11.6 Å². The van der Waals surface area contributed by atoms with Gasteiger partial charge in [0.2, 0.25) is 0 Å². The van der Waals surface area contributed by atoms with Crippen molar-refractivity contribution in [3.8, 4) is 0 Å². The second kappa shape index (κ2) is 5.22. The number of rotatable bonds is 3. The molecule has 2 N–H and O–H groups in total. The molecule has 2 nitrogen and oxygen atoms in total. The Morgan fingerprint density at radius 3 is 2.67 bits per heavy atom. The minimum atomic E-state index is 0. The molecule has 0 aliphatic heterocycles. The van der Waals surface area contributed by atoms with E-state index in [-0.39, 0.29) is 18.4 Å². The van der Waals surface area contributed by atoms with Gasteiger partial charge < -0.3 is 10.2 Å². The van der Waals surface area contributed by atoms with Gasteiger partial charge in [0.15, 0.2) is 0 Å². The molecular weight excluding hydrogens is 174 g/mol. The fourth-order valence-electron chi connectivity index (χ4n) is 1.05. The molecule has 0 amide bonds. The normalized spacial score (nSPS) is 14.9. The molecule has 1 aromatic heterocycles. The van der Waals surface area contributed by atoms with Crippen LogP contribution in [0.1, 0.15) is 31.9 Å². The van der Waals surface area contributed by atoms with Crippen LogP contribution in [-0.2, 0) is 0 Å². The molecule has 0 bridgehead atoms. The molecule has 1 aromatic rings. The van der Waals surface area contributed by atoms with E-state index in [2.05, 4.69) is 13.8 Å². The number of hydrogen-bond donors (Lipinski definition) is 1. The highest BCUT2D eigenvalue weighted by Crippen LogP contribution is 2.21. The maximum atomic E-state index is 5.93. The second-order valence-corrected chi connectivity index (χ2v) is 2.97. The van der Waals surface area contributed by atoms with E-state index in [1.807, 2.05) is 6.07 Å². The highest BCUT2D eigenvalue weighted by atomic mass is 35.5. The van der Waals surface area contributed by atoms with Crippen molar-refractivity contribution >= 4 is 12.4 Å². The number of halogens is 1. The van der Waals surface area contributed by atoms with Crippen molar-refractivity contribution in [2.75, 3.05) is 0 Å². The summed E-state index contributed by atoms with van der Waals surface area (Å²) in [6.45, 7) is 4.29. The number of hydrogen-bond acceptors (Lipinski definition) is 2. The summed E-state index contributed by atoms with van der Waals surface area (Å²) in [6, 6.07) is 2.05. The summed E-state index contributed by atoms with van der Waals surface area (Å²) in [5.74, 6) is 0.521. The topological polar surface area (TPSA) is 39.2 Å². The largest absolute Gasteiger partial charge is 0.472 e. The van der Waals surface area contributed by atoms with E-state index in [9.17, 15) is 0 Å². The maximum absolute atomic E-state index is 5.93. The second-order valence-electron chi connectivity index (χ2n) is 2.97. The van der Waals surface area contributed by atoms with E-state index in [4.69, 9.17) is 10.2 Å². The molecule has 0 fully saturated rings. The van der Waals surface area contributed by atoms with Crippen molar-refractivity contribution < 1.29 is 4.42 Å². The predicted octanol–water partition coefficient (Wildman–Crippen LogP) is 2.75. The van der Waals surface area contributed by atoms with Crippen molar-refractivity contribution in [2.45, 2.75) is 26.3 Å². The summed E-state index contributed by atoms with van der Waals surface area (Å²) in [5, 5.41) is 0. The van der Waals surface area contributed by atoms with E-state index in [0.717, 1.165) is 12.0 Å². The molecule has 0 aliphatic rings. The fourth-order valence-corrected chi connectivity index (χ4v) is 1.05. The van der Waals surface area contributed by atoms with Gasteiger partial charge in [-0.3, -0.25) is 0 Å². The molecule has 70 valence electrons. The van der Waals surface area contributed by atoms with Gasteiger partial charge in [0.25, 0.3) is 0 Å². The minimum absolute atomic E-state index is 0. The summed E-state index contributed by atoms with van der Waals surface area (Å²) in [4.78, 5) is 0. The fraction of sp³-hybridized carbons (Fsp3) is 0.556. The van der Waals surface area contributed by atoms with Crippen molar-refractivity contribution in [2.24, 2.45) is 11.7 Å². The third-order valence-electron chi connectivity index (χ3n) is 2.19. The Morgan fingerprint density at radius 2 is 2.25 bits per heavy atom. The van der Waals surface area contributed by atoms with Crippen LogP contribution in [0.3, 0.4) is 0 Å². The Labute approximate surface area is 79.5 Å². The van der Waals surface area contributed by atoms with Gasteiger partial charge in [-0.2, -0.15) is 0 Å². The van der Waals surface area contributed by atoms with Crippen LogP contribution in [-0.4, -0.2) is 0 Å². The first-order chi connectivity index (χ1) is 5.25. The zero-order chi connectivity index (χ0) is 8.27. The smallest absolute Gasteiger partial charge is 0.0950 e.